The monoisotopic (exact) mass is 373 g/mol. The summed E-state index contributed by atoms with van der Waals surface area (Å²) in [4.78, 5) is 4.64. The molecular formula is C23H32FNO2. The van der Waals surface area contributed by atoms with Gasteiger partial charge in [0.05, 0.1) is 17.4 Å². The van der Waals surface area contributed by atoms with Crippen LogP contribution >= 0.6 is 0 Å². The van der Waals surface area contributed by atoms with E-state index in [4.69, 9.17) is 9.47 Å². The molecule has 5 rings (SSSR count). The van der Waals surface area contributed by atoms with E-state index in [-0.39, 0.29) is 22.4 Å². The third-order valence-electron chi connectivity index (χ3n) is 8.13. The van der Waals surface area contributed by atoms with E-state index in [1.807, 2.05) is 6.07 Å². The quantitative estimate of drug-likeness (QED) is 0.703. The Bertz CT molecular complexity index is 663. The van der Waals surface area contributed by atoms with Gasteiger partial charge in [0, 0.05) is 24.3 Å². The topological polar surface area (TPSA) is 31.4 Å². The van der Waals surface area contributed by atoms with E-state index in [1.165, 1.54) is 64.0 Å². The highest BCUT2D eigenvalue weighted by Crippen LogP contribution is 2.57. The van der Waals surface area contributed by atoms with Crippen LogP contribution in [0.1, 0.15) is 82.7 Å². The third kappa shape index (κ3) is 3.13. The summed E-state index contributed by atoms with van der Waals surface area (Å²) < 4.78 is 26.4. The van der Waals surface area contributed by atoms with Gasteiger partial charge in [-0.05, 0) is 82.3 Å². The lowest BCUT2D eigenvalue weighted by Crippen LogP contribution is -2.50. The minimum atomic E-state index is -0.241. The molecule has 3 unspecified atom stereocenters. The Morgan fingerprint density at radius 3 is 2.41 bits per heavy atom. The fourth-order valence-corrected chi connectivity index (χ4v) is 6.78. The van der Waals surface area contributed by atoms with Crippen molar-refractivity contribution in [3.05, 3.63) is 29.8 Å². The second-order valence-electron chi connectivity index (χ2n) is 9.61. The molecule has 1 aromatic rings. The molecule has 4 aliphatic rings. The van der Waals surface area contributed by atoms with E-state index in [2.05, 4.69) is 4.98 Å². The first-order chi connectivity index (χ1) is 13.1. The summed E-state index contributed by atoms with van der Waals surface area (Å²) in [6, 6.07) is 3.55. The lowest BCUT2D eigenvalue weighted by Gasteiger charge is -2.50. The summed E-state index contributed by atoms with van der Waals surface area (Å²) in [5.74, 6) is 0.324. The van der Waals surface area contributed by atoms with Gasteiger partial charge in [0.1, 0.15) is 5.82 Å². The first-order valence-electron chi connectivity index (χ1n) is 11.0. The van der Waals surface area contributed by atoms with E-state index < -0.39 is 0 Å². The SMILES string of the molecule is Fc1ccc(C2(C3CCC4(CCCCO4)C3)CCOC3(CCCC3)C2)nc1. The minimum absolute atomic E-state index is 0.0145. The van der Waals surface area contributed by atoms with Crippen molar-refractivity contribution in [2.75, 3.05) is 13.2 Å². The molecule has 0 amide bonds. The van der Waals surface area contributed by atoms with Gasteiger partial charge in [-0.3, -0.25) is 4.98 Å². The Hall–Kier alpha value is -1.00. The van der Waals surface area contributed by atoms with Gasteiger partial charge in [0.25, 0.3) is 0 Å². The van der Waals surface area contributed by atoms with Crippen LogP contribution in [0, 0.1) is 11.7 Å². The average molecular weight is 374 g/mol. The Kier molecular flexibility index (Phi) is 4.55. The largest absolute Gasteiger partial charge is 0.375 e. The van der Waals surface area contributed by atoms with Crippen LogP contribution in [-0.2, 0) is 14.9 Å². The maximum absolute atomic E-state index is 13.6. The first kappa shape index (κ1) is 18.1. The van der Waals surface area contributed by atoms with E-state index in [9.17, 15) is 4.39 Å². The van der Waals surface area contributed by atoms with Crippen LogP contribution in [0.2, 0.25) is 0 Å². The molecule has 2 aliphatic carbocycles. The van der Waals surface area contributed by atoms with Crippen LogP contribution in [0.5, 0.6) is 0 Å². The molecule has 3 atom stereocenters. The van der Waals surface area contributed by atoms with Gasteiger partial charge in [-0.25, -0.2) is 4.39 Å². The molecule has 3 heterocycles. The fraction of sp³-hybridized carbons (Fsp3) is 0.783. The van der Waals surface area contributed by atoms with Crippen molar-refractivity contribution in [2.45, 2.75) is 93.7 Å². The third-order valence-corrected chi connectivity index (χ3v) is 8.13. The smallest absolute Gasteiger partial charge is 0.141 e. The molecule has 4 fully saturated rings. The van der Waals surface area contributed by atoms with Crippen molar-refractivity contribution < 1.29 is 13.9 Å². The molecule has 0 N–H and O–H groups in total. The number of hydrogen-bond donors (Lipinski definition) is 0. The molecule has 27 heavy (non-hydrogen) atoms. The van der Waals surface area contributed by atoms with Gasteiger partial charge in [-0.2, -0.15) is 0 Å². The van der Waals surface area contributed by atoms with Crippen LogP contribution in [0.3, 0.4) is 0 Å². The van der Waals surface area contributed by atoms with E-state index in [0.717, 1.165) is 38.2 Å². The summed E-state index contributed by atoms with van der Waals surface area (Å²) in [5, 5.41) is 0. The molecule has 0 aromatic carbocycles. The highest BCUT2D eigenvalue weighted by Gasteiger charge is 2.56. The lowest BCUT2D eigenvalue weighted by molar-refractivity contribution is -0.120. The maximum Gasteiger partial charge on any atom is 0.141 e. The Balaban J connectivity index is 1.50. The molecule has 3 nitrogen and oxygen atoms in total. The summed E-state index contributed by atoms with van der Waals surface area (Å²) in [5.41, 5.74) is 1.23. The first-order valence-corrected chi connectivity index (χ1v) is 11.0. The highest BCUT2D eigenvalue weighted by atomic mass is 19.1. The number of pyridine rings is 1. The predicted octanol–water partition coefficient (Wildman–Crippen LogP) is 5.32. The van der Waals surface area contributed by atoms with Crippen LogP contribution in [0.15, 0.2) is 18.3 Å². The minimum Gasteiger partial charge on any atom is -0.375 e. The second-order valence-corrected chi connectivity index (χ2v) is 9.61. The summed E-state index contributed by atoms with van der Waals surface area (Å²) in [6.45, 7) is 1.73. The van der Waals surface area contributed by atoms with E-state index in [1.54, 1.807) is 6.07 Å². The van der Waals surface area contributed by atoms with Crippen molar-refractivity contribution in [2.24, 2.45) is 5.92 Å². The maximum atomic E-state index is 13.6. The van der Waals surface area contributed by atoms with Crippen molar-refractivity contribution >= 4 is 0 Å². The molecule has 4 heteroatoms. The zero-order valence-electron chi connectivity index (χ0n) is 16.4. The van der Waals surface area contributed by atoms with Crippen LogP contribution in [0.4, 0.5) is 4.39 Å². The van der Waals surface area contributed by atoms with E-state index >= 15 is 0 Å². The number of nitrogens with zero attached hydrogens (tertiary/aromatic N) is 1. The molecule has 0 radical (unpaired) electrons. The number of halogens is 1. The van der Waals surface area contributed by atoms with E-state index in [0.29, 0.717) is 5.92 Å². The molecular weight excluding hydrogens is 341 g/mol. The zero-order chi connectivity index (χ0) is 18.4. The number of rotatable bonds is 2. The zero-order valence-corrected chi connectivity index (χ0v) is 16.4. The number of ether oxygens (including phenoxy) is 2. The van der Waals surface area contributed by atoms with Gasteiger partial charge < -0.3 is 9.47 Å². The molecule has 148 valence electrons. The molecule has 0 bridgehead atoms. The van der Waals surface area contributed by atoms with Crippen molar-refractivity contribution in [3.63, 3.8) is 0 Å². The lowest BCUT2D eigenvalue weighted by atomic mass is 9.61. The molecule has 1 aromatic heterocycles. The van der Waals surface area contributed by atoms with Gasteiger partial charge >= 0.3 is 0 Å². The van der Waals surface area contributed by atoms with Crippen molar-refractivity contribution in [1.82, 2.24) is 4.98 Å². The van der Waals surface area contributed by atoms with Crippen LogP contribution in [0.25, 0.3) is 0 Å². The Morgan fingerprint density at radius 2 is 1.67 bits per heavy atom. The normalized spacial score (nSPS) is 38.6. The second kappa shape index (κ2) is 6.81. The highest BCUT2D eigenvalue weighted by molar-refractivity contribution is 5.24. The number of aromatic nitrogens is 1. The van der Waals surface area contributed by atoms with Crippen molar-refractivity contribution in [3.8, 4) is 0 Å². The molecule has 2 saturated heterocycles. The number of hydrogen-bond acceptors (Lipinski definition) is 3. The molecule has 2 saturated carbocycles. The average Bonchev–Trinajstić information content (AvgIpc) is 3.31. The van der Waals surface area contributed by atoms with Gasteiger partial charge in [-0.1, -0.05) is 12.8 Å². The van der Waals surface area contributed by atoms with Gasteiger partial charge in [0.15, 0.2) is 0 Å². The molecule has 2 aliphatic heterocycles. The Labute approximate surface area is 162 Å². The van der Waals surface area contributed by atoms with Crippen LogP contribution in [-0.4, -0.2) is 29.4 Å². The van der Waals surface area contributed by atoms with Crippen LogP contribution < -0.4 is 0 Å². The Morgan fingerprint density at radius 1 is 0.889 bits per heavy atom. The van der Waals surface area contributed by atoms with Crippen molar-refractivity contribution in [1.29, 1.82) is 0 Å². The summed E-state index contributed by atoms with van der Waals surface area (Å²) in [7, 11) is 0. The molecule has 2 spiro atoms. The van der Waals surface area contributed by atoms with Gasteiger partial charge in [0.2, 0.25) is 0 Å². The summed E-state index contributed by atoms with van der Waals surface area (Å²) >= 11 is 0. The standard InChI is InChI=1S/C23H32FNO2/c24-19-5-6-20(25-16-19)23(12-14-27-22(17-23)9-1-2-10-22)18-7-11-21(15-18)8-3-4-13-26-21/h5-6,16,18H,1-4,7-15,17H2. The fourth-order valence-electron chi connectivity index (χ4n) is 6.78. The predicted molar refractivity (Wildman–Crippen MR) is 102 cm³/mol. The van der Waals surface area contributed by atoms with Gasteiger partial charge in [-0.15, -0.1) is 0 Å². The summed E-state index contributed by atoms with van der Waals surface area (Å²) in [6.07, 6.45) is 15.6.